The second-order valence-corrected chi connectivity index (χ2v) is 5.22. The van der Waals surface area contributed by atoms with E-state index in [2.05, 4.69) is 5.10 Å². The molecule has 0 aromatic carbocycles. The van der Waals surface area contributed by atoms with Gasteiger partial charge in [-0.25, -0.2) is 0 Å². The van der Waals surface area contributed by atoms with E-state index >= 15 is 0 Å². The molecule has 1 aliphatic rings. The van der Waals surface area contributed by atoms with E-state index in [1.54, 1.807) is 6.26 Å². The van der Waals surface area contributed by atoms with Crippen LogP contribution in [0.15, 0.2) is 22.8 Å². The topological polar surface area (TPSA) is 31.0 Å². The van der Waals surface area contributed by atoms with E-state index in [0.717, 1.165) is 24.3 Å². The average molecular weight is 251 g/mol. The fraction of sp³-hybridized carbons (Fsp3) is 0.462. The molecule has 0 N–H and O–H groups in total. The number of halogens is 1. The Labute approximate surface area is 105 Å². The molecule has 0 aliphatic heterocycles. The molecule has 3 nitrogen and oxygen atoms in total. The molecule has 0 amide bonds. The molecule has 0 bridgehead atoms. The molecule has 90 valence electrons. The Balaban J connectivity index is 2.00. The molecule has 0 saturated carbocycles. The van der Waals surface area contributed by atoms with Crippen LogP contribution in [0, 0.1) is 6.92 Å². The summed E-state index contributed by atoms with van der Waals surface area (Å²) in [5.74, 6) is 1.40. The highest BCUT2D eigenvalue weighted by Crippen LogP contribution is 2.43. The lowest BCUT2D eigenvalue weighted by molar-refractivity contribution is 0.423. The van der Waals surface area contributed by atoms with Gasteiger partial charge in [0, 0.05) is 24.2 Å². The van der Waals surface area contributed by atoms with Crippen LogP contribution in [-0.4, -0.2) is 9.78 Å². The Bertz CT molecular complexity index is 530. The Morgan fingerprint density at radius 1 is 1.53 bits per heavy atom. The van der Waals surface area contributed by atoms with Gasteiger partial charge in [-0.3, -0.25) is 4.68 Å². The maximum atomic E-state index is 6.48. The van der Waals surface area contributed by atoms with Crippen molar-refractivity contribution in [1.29, 1.82) is 0 Å². The van der Waals surface area contributed by atoms with Gasteiger partial charge < -0.3 is 4.42 Å². The summed E-state index contributed by atoms with van der Waals surface area (Å²) in [5.41, 5.74) is 3.52. The lowest BCUT2D eigenvalue weighted by Crippen LogP contribution is -2.16. The predicted octanol–water partition coefficient (Wildman–Crippen LogP) is 3.33. The van der Waals surface area contributed by atoms with Crippen molar-refractivity contribution >= 4 is 11.6 Å². The van der Waals surface area contributed by atoms with Gasteiger partial charge in [0.2, 0.25) is 0 Å². The minimum atomic E-state index is 0.0440. The standard InChI is InChI=1S/C13H15ClN2O/c1-8-13-10(14)6-9(12-4-3-5-17-12)7-11(13)16(2)15-8/h3-5,9-10H,6-7H2,1-2H3. The van der Waals surface area contributed by atoms with Gasteiger partial charge in [-0.1, -0.05) is 0 Å². The minimum Gasteiger partial charge on any atom is -0.469 e. The zero-order valence-corrected chi connectivity index (χ0v) is 10.7. The minimum absolute atomic E-state index is 0.0440. The summed E-state index contributed by atoms with van der Waals surface area (Å²) in [7, 11) is 1.99. The van der Waals surface area contributed by atoms with E-state index in [-0.39, 0.29) is 5.38 Å². The summed E-state index contributed by atoms with van der Waals surface area (Å²) < 4.78 is 7.45. The van der Waals surface area contributed by atoms with Crippen molar-refractivity contribution in [3.63, 3.8) is 0 Å². The maximum Gasteiger partial charge on any atom is 0.107 e. The van der Waals surface area contributed by atoms with Gasteiger partial charge >= 0.3 is 0 Å². The molecule has 1 aliphatic carbocycles. The molecular weight excluding hydrogens is 236 g/mol. The fourth-order valence-corrected chi connectivity index (χ4v) is 3.30. The highest BCUT2D eigenvalue weighted by Gasteiger charge is 2.32. The zero-order chi connectivity index (χ0) is 12.0. The highest BCUT2D eigenvalue weighted by atomic mass is 35.5. The molecule has 17 heavy (non-hydrogen) atoms. The van der Waals surface area contributed by atoms with Gasteiger partial charge in [0.25, 0.3) is 0 Å². The van der Waals surface area contributed by atoms with E-state index < -0.39 is 0 Å². The van der Waals surface area contributed by atoms with Crippen molar-refractivity contribution in [2.45, 2.75) is 31.1 Å². The number of aryl methyl sites for hydroxylation is 2. The Kier molecular flexibility index (Phi) is 2.51. The number of hydrogen-bond acceptors (Lipinski definition) is 2. The van der Waals surface area contributed by atoms with Crippen molar-refractivity contribution in [2.75, 3.05) is 0 Å². The number of alkyl halides is 1. The molecular formula is C13H15ClN2O. The first-order chi connectivity index (χ1) is 8.16. The van der Waals surface area contributed by atoms with Crippen LogP contribution >= 0.6 is 11.6 Å². The third kappa shape index (κ3) is 1.69. The molecule has 2 aromatic heterocycles. The van der Waals surface area contributed by atoms with E-state index in [1.165, 1.54) is 11.3 Å². The number of nitrogens with zero attached hydrogens (tertiary/aromatic N) is 2. The van der Waals surface area contributed by atoms with Crippen molar-refractivity contribution in [3.05, 3.63) is 41.1 Å². The largest absolute Gasteiger partial charge is 0.469 e. The molecule has 2 unspecified atom stereocenters. The Morgan fingerprint density at radius 3 is 3.06 bits per heavy atom. The second kappa shape index (κ2) is 3.91. The number of fused-ring (bicyclic) bond motifs is 1. The average Bonchev–Trinajstić information content (AvgIpc) is 2.88. The third-order valence-electron chi connectivity index (χ3n) is 3.58. The van der Waals surface area contributed by atoms with Gasteiger partial charge in [0.15, 0.2) is 0 Å². The molecule has 0 fully saturated rings. The first-order valence-electron chi connectivity index (χ1n) is 5.86. The number of rotatable bonds is 1. The fourth-order valence-electron chi connectivity index (χ4n) is 2.80. The van der Waals surface area contributed by atoms with Crippen LogP contribution in [0.5, 0.6) is 0 Å². The van der Waals surface area contributed by atoms with Crippen LogP contribution in [0.4, 0.5) is 0 Å². The van der Waals surface area contributed by atoms with E-state index in [4.69, 9.17) is 16.0 Å². The summed E-state index contributed by atoms with van der Waals surface area (Å²) in [4.78, 5) is 0. The normalized spacial score (nSPS) is 23.7. The van der Waals surface area contributed by atoms with Crippen LogP contribution in [0.1, 0.15) is 40.4 Å². The first kappa shape index (κ1) is 10.9. The summed E-state index contributed by atoms with van der Waals surface area (Å²) in [5, 5.41) is 4.50. The van der Waals surface area contributed by atoms with Crippen LogP contribution in [-0.2, 0) is 13.5 Å². The van der Waals surface area contributed by atoms with Gasteiger partial charge in [-0.2, -0.15) is 5.10 Å². The van der Waals surface area contributed by atoms with E-state index in [9.17, 15) is 0 Å². The monoisotopic (exact) mass is 250 g/mol. The number of aromatic nitrogens is 2. The number of hydrogen-bond donors (Lipinski definition) is 0. The first-order valence-corrected chi connectivity index (χ1v) is 6.30. The lowest BCUT2D eigenvalue weighted by Gasteiger charge is -2.25. The van der Waals surface area contributed by atoms with Crippen LogP contribution in [0.25, 0.3) is 0 Å². The van der Waals surface area contributed by atoms with E-state index in [1.807, 2.05) is 30.8 Å². The molecule has 2 aromatic rings. The van der Waals surface area contributed by atoms with Crippen molar-refractivity contribution < 1.29 is 4.42 Å². The Hall–Kier alpha value is -1.22. The van der Waals surface area contributed by atoms with Gasteiger partial charge in [0.1, 0.15) is 5.76 Å². The summed E-state index contributed by atoms with van der Waals surface area (Å²) in [6, 6.07) is 3.96. The molecule has 0 radical (unpaired) electrons. The third-order valence-corrected chi connectivity index (χ3v) is 3.98. The zero-order valence-electron chi connectivity index (χ0n) is 9.98. The summed E-state index contributed by atoms with van der Waals surface area (Å²) in [6.45, 7) is 2.03. The van der Waals surface area contributed by atoms with Crippen LogP contribution in [0.3, 0.4) is 0 Å². The van der Waals surface area contributed by atoms with Crippen molar-refractivity contribution in [3.8, 4) is 0 Å². The SMILES string of the molecule is Cc1nn(C)c2c1C(Cl)CC(c1ccco1)C2. The molecule has 2 heterocycles. The second-order valence-electron chi connectivity index (χ2n) is 4.69. The van der Waals surface area contributed by atoms with Crippen LogP contribution < -0.4 is 0 Å². The van der Waals surface area contributed by atoms with Gasteiger partial charge in [-0.05, 0) is 31.9 Å². The molecule has 2 atom stereocenters. The summed E-state index contributed by atoms with van der Waals surface area (Å²) in [6.07, 6.45) is 3.61. The number of furan rings is 1. The molecule has 0 spiro atoms. The maximum absolute atomic E-state index is 6.48. The highest BCUT2D eigenvalue weighted by molar-refractivity contribution is 6.21. The van der Waals surface area contributed by atoms with E-state index in [0.29, 0.717) is 5.92 Å². The smallest absolute Gasteiger partial charge is 0.107 e. The summed E-state index contributed by atoms with van der Waals surface area (Å²) >= 11 is 6.48. The molecule has 0 saturated heterocycles. The molecule has 3 rings (SSSR count). The van der Waals surface area contributed by atoms with Crippen LogP contribution in [0.2, 0.25) is 0 Å². The van der Waals surface area contributed by atoms with Gasteiger partial charge in [-0.15, -0.1) is 11.6 Å². The van der Waals surface area contributed by atoms with Gasteiger partial charge in [0.05, 0.1) is 17.3 Å². The Morgan fingerprint density at radius 2 is 2.35 bits per heavy atom. The van der Waals surface area contributed by atoms with Crippen molar-refractivity contribution in [1.82, 2.24) is 9.78 Å². The lowest BCUT2D eigenvalue weighted by atomic mass is 9.85. The van der Waals surface area contributed by atoms with Crippen molar-refractivity contribution in [2.24, 2.45) is 7.05 Å². The predicted molar refractivity (Wildman–Crippen MR) is 66.3 cm³/mol. The molecule has 4 heteroatoms. The quantitative estimate of drug-likeness (QED) is 0.727.